The first-order chi connectivity index (χ1) is 11.7. The Morgan fingerprint density at radius 3 is 1.92 bits per heavy atom. The molecule has 0 fully saturated rings. The molecule has 0 spiro atoms. The molecule has 1 nitrogen and oxygen atoms in total. The van der Waals surface area contributed by atoms with Crippen molar-refractivity contribution in [2.75, 3.05) is 0 Å². The van der Waals surface area contributed by atoms with Gasteiger partial charge in [-0.2, -0.15) is 0 Å². The monoisotopic (exact) mass is 315 g/mol. The number of nitrogens with zero attached hydrogens (tertiary/aromatic N) is 1. The Morgan fingerprint density at radius 1 is 0.792 bits per heavy atom. The molecule has 1 heteroatoms. The third-order valence-corrected chi connectivity index (χ3v) is 4.06. The van der Waals surface area contributed by atoms with Crippen LogP contribution in [0.4, 0.5) is 0 Å². The Balaban J connectivity index is 3.35. The minimum atomic E-state index is 1.11. The third-order valence-electron chi connectivity index (χ3n) is 4.06. The molecule has 2 rings (SSSR count). The Kier molecular flexibility index (Phi) is 5.59. The predicted octanol–water partition coefficient (Wildman–Crippen LogP) is 3.93. The zero-order chi connectivity index (χ0) is 17.7. The number of allylic oxidation sites excluding steroid dienone is 5. The summed E-state index contributed by atoms with van der Waals surface area (Å²) in [6, 6.07) is 0. The molecule has 24 heavy (non-hydrogen) atoms. The van der Waals surface area contributed by atoms with Crippen molar-refractivity contribution in [3.05, 3.63) is 82.7 Å². The number of aryl methyl sites for hydroxylation is 1. The van der Waals surface area contributed by atoms with Crippen molar-refractivity contribution in [3.8, 4) is 0 Å². The van der Waals surface area contributed by atoms with Gasteiger partial charge in [-0.15, -0.1) is 0 Å². The highest BCUT2D eigenvalue weighted by molar-refractivity contribution is 5.79. The molecule has 0 aliphatic rings. The van der Waals surface area contributed by atoms with Gasteiger partial charge in [0.05, 0.1) is 16.6 Å². The van der Waals surface area contributed by atoms with E-state index in [1.165, 1.54) is 22.3 Å². The Labute approximate surface area is 144 Å². The van der Waals surface area contributed by atoms with Crippen LogP contribution in [-0.2, 0) is 0 Å². The zero-order valence-corrected chi connectivity index (χ0v) is 14.8. The van der Waals surface area contributed by atoms with E-state index < -0.39 is 0 Å². The predicted molar refractivity (Wildman–Crippen MR) is 110 cm³/mol. The summed E-state index contributed by atoms with van der Waals surface area (Å²) < 4.78 is 2.30. The first-order valence-electron chi connectivity index (χ1n) is 8.16. The van der Waals surface area contributed by atoms with Crippen LogP contribution in [0.3, 0.4) is 0 Å². The lowest BCUT2D eigenvalue weighted by molar-refractivity contribution is 1.14. The molecular formula is C23H25N. The van der Waals surface area contributed by atoms with Gasteiger partial charge in [0, 0.05) is 16.0 Å². The molecule has 2 heterocycles. The van der Waals surface area contributed by atoms with Gasteiger partial charge in [-0.1, -0.05) is 68.3 Å². The highest BCUT2D eigenvalue weighted by Crippen LogP contribution is 2.22. The van der Waals surface area contributed by atoms with Gasteiger partial charge in [0.25, 0.3) is 0 Å². The summed E-state index contributed by atoms with van der Waals surface area (Å²) in [6.07, 6.45) is 20.1. The largest absolute Gasteiger partial charge is 0.308 e. The second-order valence-electron chi connectivity index (χ2n) is 5.53. The van der Waals surface area contributed by atoms with Gasteiger partial charge in [-0.3, -0.25) is 0 Å². The standard InChI is InChI=1S/C23H25N/c1-7-12-18-17(6)23-20(14-9-3)19(13-8-2)22(16-11-5)24(23)21(18)15-10-4/h7-16H,2-3,5H2,1,4,6H3/b12-7-,15-10-,19-13-,20-14-,22-16+. The highest BCUT2D eigenvalue weighted by atomic mass is 14.9. The number of hydrogen-bond acceptors (Lipinski definition) is 0. The maximum absolute atomic E-state index is 3.89. The van der Waals surface area contributed by atoms with E-state index in [4.69, 9.17) is 0 Å². The molecule has 0 saturated carbocycles. The normalized spacial score (nSPS) is 14.5. The molecule has 0 atom stereocenters. The van der Waals surface area contributed by atoms with Crippen LogP contribution in [-0.4, -0.2) is 4.40 Å². The van der Waals surface area contributed by atoms with Crippen molar-refractivity contribution in [2.45, 2.75) is 20.8 Å². The van der Waals surface area contributed by atoms with Crippen LogP contribution < -0.4 is 15.8 Å². The molecule has 0 aliphatic heterocycles. The van der Waals surface area contributed by atoms with Gasteiger partial charge in [0.2, 0.25) is 0 Å². The van der Waals surface area contributed by atoms with E-state index in [0.717, 1.165) is 15.8 Å². The summed E-state index contributed by atoms with van der Waals surface area (Å²) in [5.74, 6) is 0. The average Bonchev–Trinajstić information content (AvgIpc) is 2.99. The molecular weight excluding hydrogens is 290 g/mol. The summed E-state index contributed by atoms with van der Waals surface area (Å²) in [5, 5.41) is 3.41. The average molecular weight is 315 g/mol. The lowest BCUT2D eigenvalue weighted by Crippen LogP contribution is -2.34. The minimum Gasteiger partial charge on any atom is -0.308 e. The molecule has 122 valence electrons. The summed E-state index contributed by atoms with van der Waals surface area (Å²) >= 11 is 0. The van der Waals surface area contributed by atoms with Gasteiger partial charge in [0.15, 0.2) is 0 Å². The highest BCUT2D eigenvalue weighted by Gasteiger charge is 2.15. The summed E-state index contributed by atoms with van der Waals surface area (Å²) in [4.78, 5) is 0. The van der Waals surface area contributed by atoms with Gasteiger partial charge in [-0.05, 0) is 38.5 Å². The van der Waals surface area contributed by atoms with E-state index in [2.05, 4.69) is 67.5 Å². The summed E-state index contributed by atoms with van der Waals surface area (Å²) in [7, 11) is 0. The summed E-state index contributed by atoms with van der Waals surface area (Å²) in [6.45, 7) is 17.9. The molecule has 0 aliphatic carbocycles. The van der Waals surface area contributed by atoms with E-state index >= 15 is 0 Å². The SMILES string of the molecule is C=C/C=c1c(=C/C=C)/c2c(C)c(/C=C\C)c(/C=C\C)n2c/1=C/C=C. The van der Waals surface area contributed by atoms with E-state index in [-0.39, 0.29) is 0 Å². The minimum absolute atomic E-state index is 1.11. The molecule has 2 aromatic rings. The first-order valence-corrected chi connectivity index (χ1v) is 8.16. The van der Waals surface area contributed by atoms with Gasteiger partial charge < -0.3 is 4.40 Å². The lowest BCUT2D eigenvalue weighted by atomic mass is 10.1. The Bertz CT molecular complexity index is 1020. The van der Waals surface area contributed by atoms with Crippen molar-refractivity contribution >= 4 is 35.9 Å². The van der Waals surface area contributed by atoms with Crippen molar-refractivity contribution in [1.82, 2.24) is 4.40 Å². The Morgan fingerprint density at radius 2 is 1.38 bits per heavy atom. The molecule has 2 aromatic heterocycles. The molecule has 0 N–H and O–H groups in total. The van der Waals surface area contributed by atoms with Crippen LogP contribution in [0.15, 0.2) is 50.1 Å². The number of fused-ring (bicyclic) bond motifs is 1. The zero-order valence-electron chi connectivity index (χ0n) is 14.8. The molecule has 0 aromatic carbocycles. The second-order valence-corrected chi connectivity index (χ2v) is 5.53. The number of aromatic nitrogens is 1. The fourth-order valence-electron chi connectivity index (χ4n) is 3.24. The third kappa shape index (κ3) is 2.74. The second kappa shape index (κ2) is 7.65. The first kappa shape index (κ1) is 17.6. The van der Waals surface area contributed by atoms with Crippen molar-refractivity contribution < 1.29 is 0 Å². The maximum Gasteiger partial charge on any atom is 0.0577 e. The van der Waals surface area contributed by atoms with Crippen LogP contribution >= 0.6 is 0 Å². The smallest absolute Gasteiger partial charge is 0.0577 e. The lowest BCUT2D eigenvalue weighted by Gasteiger charge is -1.98. The van der Waals surface area contributed by atoms with Gasteiger partial charge in [-0.25, -0.2) is 0 Å². The van der Waals surface area contributed by atoms with Crippen molar-refractivity contribution in [1.29, 1.82) is 0 Å². The Hall–Kier alpha value is -2.80. The van der Waals surface area contributed by atoms with E-state index in [1.54, 1.807) is 0 Å². The van der Waals surface area contributed by atoms with Crippen LogP contribution in [0.2, 0.25) is 0 Å². The van der Waals surface area contributed by atoms with Gasteiger partial charge >= 0.3 is 0 Å². The molecule has 0 radical (unpaired) electrons. The molecule has 0 saturated heterocycles. The topological polar surface area (TPSA) is 4.41 Å². The van der Waals surface area contributed by atoms with E-state index in [0.29, 0.717) is 0 Å². The van der Waals surface area contributed by atoms with Crippen LogP contribution in [0, 0.1) is 6.92 Å². The number of hydrogen-bond donors (Lipinski definition) is 0. The van der Waals surface area contributed by atoms with Gasteiger partial charge in [0.1, 0.15) is 0 Å². The van der Waals surface area contributed by atoms with Crippen LogP contribution in [0.5, 0.6) is 0 Å². The fraction of sp³-hybridized carbons (Fsp3) is 0.130. The maximum atomic E-state index is 3.89. The molecule has 0 unspecified atom stereocenters. The van der Waals surface area contributed by atoms with Crippen molar-refractivity contribution in [3.63, 3.8) is 0 Å². The quantitative estimate of drug-likeness (QED) is 0.787. The fourth-order valence-corrected chi connectivity index (χ4v) is 3.24. The molecule has 0 amide bonds. The van der Waals surface area contributed by atoms with E-state index in [1.807, 2.05) is 38.2 Å². The molecule has 0 bridgehead atoms. The number of rotatable bonds is 5. The van der Waals surface area contributed by atoms with E-state index in [9.17, 15) is 0 Å². The van der Waals surface area contributed by atoms with Crippen LogP contribution in [0.25, 0.3) is 35.9 Å². The van der Waals surface area contributed by atoms with Crippen LogP contribution in [0.1, 0.15) is 30.7 Å². The summed E-state index contributed by atoms with van der Waals surface area (Å²) in [5.41, 5.74) is 4.89. The van der Waals surface area contributed by atoms with Crippen molar-refractivity contribution in [2.24, 2.45) is 0 Å².